The van der Waals surface area contributed by atoms with E-state index in [9.17, 15) is 4.79 Å². The van der Waals surface area contributed by atoms with Gasteiger partial charge in [-0.25, -0.2) is 0 Å². The van der Waals surface area contributed by atoms with Gasteiger partial charge in [0, 0.05) is 18.5 Å². The van der Waals surface area contributed by atoms with Gasteiger partial charge in [-0.15, -0.1) is 0 Å². The Morgan fingerprint density at radius 2 is 1.81 bits per heavy atom. The highest BCUT2D eigenvalue weighted by Crippen LogP contribution is 2.16. The van der Waals surface area contributed by atoms with Gasteiger partial charge in [-0.05, 0) is 43.1 Å². The number of hydrogen-bond acceptors (Lipinski definition) is 3. The van der Waals surface area contributed by atoms with Crippen LogP contribution in [0, 0.1) is 0 Å². The van der Waals surface area contributed by atoms with Gasteiger partial charge in [0.1, 0.15) is 0 Å². The Labute approximate surface area is 159 Å². The van der Waals surface area contributed by atoms with Gasteiger partial charge in [-0.1, -0.05) is 49.2 Å². The minimum absolute atomic E-state index is 0.0808. The molecule has 0 aliphatic carbocycles. The topological polar surface area (TPSA) is 61.0 Å². The number of aromatic nitrogens is 2. The molecule has 3 aromatic rings. The molecule has 5 nitrogen and oxygen atoms in total. The van der Waals surface area contributed by atoms with Gasteiger partial charge in [0.2, 0.25) is 0 Å². The summed E-state index contributed by atoms with van der Waals surface area (Å²) in [5.41, 5.74) is 3.86. The van der Waals surface area contributed by atoms with Gasteiger partial charge in [-0.2, -0.15) is 5.10 Å². The van der Waals surface area contributed by atoms with E-state index in [4.69, 9.17) is 0 Å². The molecule has 1 saturated heterocycles. The second kappa shape index (κ2) is 8.35. The first kappa shape index (κ1) is 17.7. The average Bonchev–Trinajstić information content (AvgIpc) is 3.04. The lowest BCUT2D eigenvalue weighted by Gasteiger charge is -2.20. The number of para-hydroxylation sites is 1. The maximum absolute atomic E-state index is 12.6. The van der Waals surface area contributed by atoms with Crippen LogP contribution in [-0.4, -0.2) is 34.1 Å². The van der Waals surface area contributed by atoms with Gasteiger partial charge in [0.15, 0.2) is 0 Å². The lowest BCUT2D eigenvalue weighted by atomic mass is 10.1. The molecule has 0 bridgehead atoms. The number of hydrogen-bond donors (Lipinski definition) is 2. The molecule has 4 rings (SSSR count). The van der Waals surface area contributed by atoms with E-state index in [0.717, 1.165) is 23.0 Å². The Kier molecular flexibility index (Phi) is 5.49. The van der Waals surface area contributed by atoms with E-state index >= 15 is 0 Å². The van der Waals surface area contributed by atoms with Crippen molar-refractivity contribution in [2.24, 2.45) is 0 Å². The van der Waals surface area contributed by atoms with Crippen LogP contribution in [0.3, 0.4) is 0 Å². The fourth-order valence-electron chi connectivity index (χ4n) is 3.83. The molecule has 2 heterocycles. The van der Waals surface area contributed by atoms with Crippen molar-refractivity contribution in [3.05, 3.63) is 65.4 Å². The zero-order valence-corrected chi connectivity index (χ0v) is 15.6. The first-order chi connectivity index (χ1) is 13.3. The number of nitrogens with zero attached hydrogens (tertiary/aromatic N) is 2. The van der Waals surface area contributed by atoms with Crippen molar-refractivity contribution in [2.75, 3.05) is 13.1 Å². The maximum atomic E-state index is 12.6. The summed E-state index contributed by atoms with van der Waals surface area (Å²) < 4.78 is 0. The number of carbonyl (C=O) groups excluding carboxylic acids is 1. The first-order valence-corrected chi connectivity index (χ1v) is 9.80. The lowest BCUT2D eigenvalue weighted by Crippen LogP contribution is -2.25. The fourth-order valence-corrected chi connectivity index (χ4v) is 3.83. The normalized spacial score (nSPS) is 15.6. The molecule has 2 aromatic carbocycles. The molecule has 0 saturated carbocycles. The number of rotatable bonds is 5. The predicted octanol–water partition coefficient (Wildman–Crippen LogP) is 3.87. The van der Waals surface area contributed by atoms with Gasteiger partial charge in [-0.3, -0.25) is 14.8 Å². The molecule has 5 heteroatoms. The Morgan fingerprint density at radius 1 is 1.04 bits per heavy atom. The number of likely N-dealkylation sites (tertiary alicyclic amines) is 1. The quantitative estimate of drug-likeness (QED) is 0.724. The number of benzene rings is 2. The first-order valence-electron chi connectivity index (χ1n) is 9.80. The number of H-pyrrole nitrogens is 1. The molecule has 1 aromatic heterocycles. The Bertz CT molecular complexity index is 909. The van der Waals surface area contributed by atoms with E-state index in [1.54, 1.807) is 6.20 Å². The molecule has 0 spiro atoms. The van der Waals surface area contributed by atoms with Crippen molar-refractivity contribution < 1.29 is 4.79 Å². The summed E-state index contributed by atoms with van der Waals surface area (Å²) in [5, 5.41) is 10.9. The van der Waals surface area contributed by atoms with Crippen molar-refractivity contribution >= 4 is 16.8 Å². The van der Waals surface area contributed by atoms with E-state index in [1.165, 1.54) is 44.3 Å². The number of carbonyl (C=O) groups is 1. The number of aromatic amines is 1. The molecule has 140 valence electrons. The van der Waals surface area contributed by atoms with Crippen LogP contribution in [-0.2, 0) is 13.1 Å². The molecule has 0 unspecified atom stereocenters. The highest BCUT2D eigenvalue weighted by Gasteiger charge is 2.12. The average molecular weight is 362 g/mol. The zero-order chi connectivity index (χ0) is 18.5. The molecular formula is C22H26N4O. The highest BCUT2D eigenvalue weighted by molar-refractivity contribution is 6.05. The Hall–Kier alpha value is -2.66. The summed E-state index contributed by atoms with van der Waals surface area (Å²) in [5.74, 6) is -0.0808. The minimum atomic E-state index is -0.0808. The van der Waals surface area contributed by atoms with Gasteiger partial charge >= 0.3 is 0 Å². The summed E-state index contributed by atoms with van der Waals surface area (Å²) in [6.07, 6.45) is 7.04. The number of nitrogens with one attached hydrogen (secondary N) is 2. The smallest absolute Gasteiger partial charge is 0.253 e. The maximum Gasteiger partial charge on any atom is 0.253 e. The van der Waals surface area contributed by atoms with Crippen LogP contribution in [0.2, 0.25) is 0 Å². The lowest BCUT2D eigenvalue weighted by molar-refractivity contribution is 0.0952. The summed E-state index contributed by atoms with van der Waals surface area (Å²) in [4.78, 5) is 15.1. The SMILES string of the molecule is O=C(NCc1cccc(CN2CCCCCC2)c1)c1cccc2cn[nH]c12. The molecule has 1 fully saturated rings. The summed E-state index contributed by atoms with van der Waals surface area (Å²) >= 11 is 0. The minimum Gasteiger partial charge on any atom is -0.348 e. The van der Waals surface area contributed by atoms with E-state index in [1.807, 2.05) is 18.2 Å². The number of amides is 1. The Balaban J connectivity index is 1.39. The fraction of sp³-hybridized carbons (Fsp3) is 0.364. The largest absolute Gasteiger partial charge is 0.348 e. The molecule has 2 N–H and O–H groups in total. The van der Waals surface area contributed by atoms with Gasteiger partial charge in [0.25, 0.3) is 5.91 Å². The molecular weight excluding hydrogens is 336 g/mol. The second-order valence-corrected chi connectivity index (χ2v) is 7.33. The molecule has 1 amide bonds. The van der Waals surface area contributed by atoms with Crippen LogP contribution in [0.15, 0.2) is 48.7 Å². The highest BCUT2D eigenvalue weighted by atomic mass is 16.1. The molecule has 0 atom stereocenters. The zero-order valence-electron chi connectivity index (χ0n) is 15.6. The molecule has 27 heavy (non-hydrogen) atoms. The van der Waals surface area contributed by atoms with Crippen LogP contribution in [0.5, 0.6) is 0 Å². The van der Waals surface area contributed by atoms with E-state index in [2.05, 4.69) is 44.7 Å². The van der Waals surface area contributed by atoms with Crippen LogP contribution < -0.4 is 5.32 Å². The molecule has 1 aliphatic rings. The van der Waals surface area contributed by atoms with Crippen molar-refractivity contribution in [1.29, 1.82) is 0 Å². The number of fused-ring (bicyclic) bond motifs is 1. The Morgan fingerprint density at radius 3 is 2.67 bits per heavy atom. The standard InChI is InChI=1S/C22H26N4O/c27-22(20-10-6-9-19-15-24-25-21(19)20)23-14-17-7-5-8-18(13-17)16-26-11-3-1-2-4-12-26/h5-10,13,15H,1-4,11-12,14,16H2,(H,23,27)(H,24,25). The van der Waals surface area contributed by atoms with Crippen molar-refractivity contribution in [1.82, 2.24) is 20.4 Å². The van der Waals surface area contributed by atoms with Crippen LogP contribution in [0.4, 0.5) is 0 Å². The van der Waals surface area contributed by atoms with E-state index in [-0.39, 0.29) is 5.91 Å². The third-order valence-corrected chi connectivity index (χ3v) is 5.27. The van der Waals surface area contributed by atoms with Crippen LogP contribution >= 0.6 is 0 Å². The van der Waals surface area contributed by atoms with Crippen molar-refractivity contribution in [2.45, 2.75) is 38.8 Å². The van der Waals surface area contributed by atoms with Gasteiger partial charge in [0.05, 0.1) is 17.3 Å². The third-order valence-electron chi connectivity index (χ3n) is 5.27. The molecule has 1 aliphatic heterocycles. The van der Waals surface area contributed by atoms with E-state index < -0.39 is 0 Å². The molecule has 0 radical (unpaired) electrons. The van der Waals surface area contributed by atoms with Crippen LogP contribution in [0.1, 0.15) is 47.2 Å². The predicted molar refractivity (Wildman–Crippen MR) is 107 cm³/mol. The van der Waals surface area contributed by atoms with Crippen LogP contribution in [0.25, 0.3) is 10.9 Å². The third kappa shape index (κ3) is 4.37. The monoisotopic (exact) mass is 362 g/mol. The van der Waals surface area contributed by atoms with E-state index in [0.29, 0.717) is 12.1 Å². The van der Waals surface area contributed by atoms with Crippen molar-refractivity contribution in [3.8, 4) is 0 Å². The second-order valence-electron chi connectivity index (χ2n) is 7.33. The summed E-state index contributed by atoms with van der Waals surface area (Å²) in [6.45, 7) is 3.90. The van der Waals surface area contributed by atoms with Crippen molar-refractivity contribution in [3.63, 3.8) is 0 Å². The van der Waals surface area contributed by atoms with Gasteiger partial charge < -0.3 is 5.32 Å². The summed E-state index contributed by atoms with van der Waals surface area (Å²) in [7, 11) is 0. The summed E-state index contributed by atoms with van der Waals surface area (Å²) in [6, 6.07) is 14.2.